The highest BCUT2D eigenvalue weighted by molar-refractivity contribution is 5.70. The number of carbonyl (C=O) groups is 3. The molecular weight excluding hydrogens is 689 g/mol. The molecule has 0 radical (unpaired) electrons. The molecule has 0 aromatic heterocycles. The second-order valence-electron chi connectivity index (χ2n) is 15.3. The van der Waals surface area contributed by atoms with E-state index in [-0.39, 0.29) is 31.2 Å². The van der Waals surface area contributed by atoms with Crippen molar-refractivity contribution in [3.05, 3.63) is 60.8 Å². The van der Waals surface area contributed by atoms with Gasteiger partial charge in [-0.2, -0.15) is 0 Å². The summed E-state index contributed by atoms with van der Waals surface area (Å²) in [4.78, 5) is 42.0. The molecule has 1 unspecified atom stereocenters. The molecule has 1 amide bonds. The quantitative estimate of drug-likeness (QED) is 0.0279. The highest BCUT2D eigenvalue weighted by Crippen LogP contribution is 2.18. The summed E-state index contributed by atoms with van der Waals surface area (Å²) < 4.78 is 16.8. The number of unbranched alkanes of at least 4 members (excludes halogenated alkanes) is 13. The molecule has 1 rings (SSSR count). The number of rotatable bonds is 34. The summed E-state index contributed by atoms with van der Waals surface area (Å²) in [6.45, 7) is 9.97. The van der Waals surface area contributed by atoms with Gasteiger partial charge in [-0.1, -0.05) is 126 Å². The van der Waals surface area contributed by atoms with E-state index in [2.05, 4.69) is 93.4 Å². The largest absolute Gasteiger partial charge is 0.462 e. The fourth-order valence-electron chi connectivity index (χ4n) is 6.13. The van der Waals surface area contributed by atoms with Gasteiger partial charge in [-0.25, -0.2) is 4.79 Å². The molecule has 314 valence electrons. The Morgan fingerprint density at radius 1 is 0.600 bits per heavy atom. The Kier molecular flexibility index (Phi) is 32.0. The summed E-state index contributed by atoms with van der Waals surface area (Å²) in [6.07, 6.45) is 43.2. The molecule has 8 heteroatoms. The number of esters is 2. The van der Waals surface area contributed by atoms with Crippen molar-refractivity contribution < 1.29 is 28.6 Å². The van der Waals surface area contributed by atoms with Gasteiger partial charge in [0.05, 0.1) is 6.04 Å². The van der Waals surface area contributed by atoms with Crippen molar-refractivity contribution in [2.24, 2.45) is 0 Å². The first-order valence-electron chi connectivity index (χ1n) is 22.0. The number of likely N-dealkylation sites (N-methyl/N-ethyl adjacent to an activating group) is 1. The second-order valence-corrected chi connectivity index (χ2v) is 15.3. The smallest absolute Gasteiger partial charge is 0.410 e. The van der Waals surface area contributed by atoms with Crippen LogP contribution in [0.1, 0.15) is 169 Å². The average molecular weight is 769 g/mol. The molecule has 1 aliphatic rings. The highest BCUT2D eigenvalue weighted by Gasteiger charge is 2.35. The van der Waals surface area contributed by atoms with Crippen molar-refractivity contribution in [2.75, 3.05) is 33.4 Å². The Morgan fingerprint density at radius 2 is 1.02 bits per heavy atom. The third-order valence-corrected chi connectivity index (χ3v) is 9.95. The number of likely N-dealkylation sites (tertiary alicyclic amines) is 1. The van der Waals surface area contributed by atoms with Crippen LogP contribution in [0, 0.1) is 0 Å². The van der Waals surface area contributed by atoms with E-state index < -0.39 is 12.2 Å². The van der Waals surface area contributed by atoms with E-state index in [0.29, 0.717) is 18.9 Å². The lowest BCUT2D eigenvalue weighted by Gasteiger charge is -2.45. The Labute approximate surface area is 336 Å². The van der Waals surface area contributed by atoms with Gasteiger partial charge < -0.3 is 19.1 Å². The summed E-state index contributed by atoms with van der Waals surface area (Å²) in [7, 11) is 1.73. The first-order valence-corrected chi connectivity index (χ1v) is 22.0. The molecule has 0 aromatic rings. The summed E-state index contributed by atoms with van der Waals surface area (Å²) in [5.41, 5.74) is 0. The fraction of sp³-hybridized carbons (Fsp3) is 0.723. The van der Waals surface area contributed by atoms with Gasteiger partial charge in [0, 0.05) is 39.0 Å². The van der Waals surface area contributed by atoms with Gasteiger partial charge in [0.2, 0.25) is 0 Å². The predicted octanol–water partition coefficient (Wildman–Crippen LogP) is 12.0. The standard InChI is InChI=1S/C47H80N2O6/c1-6-8-10-12-14-16-18-20-22-24-26-28-30-32-34-36-45(50)53-40-44(55-47(52)48(5)43-38-49(39-43)42(3)4)41-54-46(51)37-35-33-31-29-27-25-23-21-19-17-15-13-11-9-7-2/h8,10,14-17,20-23,42-44H,6-7,9,11-13,18-19,24-41H2,1-5H3/b10-8-,16-14-,17-15-,22-20-,23-21-. The van der Waals surface area contributed by atoms with E-state index in [1.165, 1.54) is 25.7 Å². The monoisotopic (exact) mass is 769 g/mol. The molecule has 1 heterocycles. The van der Waals surface area contributed by atoms with Gasteiger partial charge in [0.1, 0.15) is 13.2 Å². The van der Waals surface area contributed by atoms with Gasteiger partial charge in [-0.05, 0) is 90.9 Å². The zero-order valence-electron chi connectivity index (χ0n) is 35.7. The summed E-state index contributed by atoms with van der Waals surface area (Å²) >= 11 is 0. The lowest BCUT2D eigenvalue weighted by molar-refractivity contribution is -0.153. The van der Waals surface area contributed by atoms with E-state index in [1.54, 1.807) is 11.9 Å². The van der Waals surface area contributed by atoms with Crippen molar-refractivity contribution in [3.63, 3.8) is 0 Å². The number of amides is 1. The van der Waals surface area contributed by atoms with E-state index in [9.17, 15) is 14.4 Å². The zero-order valence-corrected chi connectivity index (χ0v) is 35.7. The zero-order chi connectivity index (χ0) is 40.2. The topological polar surface area (TPSA) is 85.4 Å². The molecule has 1 fully saturated rings. The van der Waals surface area contributed by atoms with E-state index in [4.69, 9.17) is 14.2 Å². The van der Waals surface area contributed by atoms with Gasteiger partial charge >= 0.3 is 18.0 Å². The summed E-state index contributed by atoms with van der Waals surface area (Å²) in [5, 5.41) is 0. The lowest BCUT2D eigenvalue weighted by Crippen LogP contribution is -2.61. The summed E-state index contributed by atoms with van der Waals surface area (Å²) in [5.74, 6) is -0.639. The second kappa shape index (κ2) is 35.3. The molecular formula is C47H80N2O6. The molecule has 0 saturated carbocycles. The van der Waals surface area contributed by atoms with Crippen molar-refractivity contribution in [1.29, 1.82) is 0 Å². The Morgan fingerprint density at radius 3 is 1.47 bits per heavy atom. The maximum absolute atomic E-state index is 13.0. The van der Waals surface area contributed by atoms with E-state index >= 15 is 0 Å². The first kappa shape index (κ1) is 49.9. The maximum Gasteiger partial charge on any atom is 0.410 e. The molecule has 1 atom stereocenters. The molecule has 0 spiro atoms. The molecule has 1 aliphatic heterocycles. The molecule has 0 aliphatic carbocycles. The van der Waals surface area contributed by atoms with Crippen LogP contribution < -0.4 is 0 Å². The molecule has 0 aromatic carbocycles. The number of carbonyl (C=O) groups excluding carboxylic acids is 3. The SMILES string of the molecule is CC/C=C\C/C=C\C/C=C\CCCCCCCC(=O)OCC(COC(=O)CCCCCCC/C=C\C/C=C\CCCCC)OC(=O)N(C)C1CN(C(C)C)C1. The molecule has 8 nitrogen and oxygen atoms in total. The average Bonchev–Trinajstić information content (AvgIpc) is 3.14. The minimum atomic E-state index is -0.852. The minimum absolute atomic E-state index is 0.0649. The maximum atomic E-state index is 13.0. The first-order chi connectivity index (χ1) is 26.8. The van der Waals surface area contributed by atoms with E-state index in [0.717, 1.165) is 116 Å². The molecule has 0 N–H and O–H groups in total. The molecule has 0 bridgehead atoms. The van der Waals surface area contributed by atoms with Crippen LogP contribution in [0.4, 0.5) is 4.79 Å². The number of hydrogen-bond acceptors (Lipinski definition) is 7. The van der Waals surface area contributed by atoms with Gasteiger partial charge in [-0.3, -0.25) is 14.5 Å². The van der Waals surface area contributed by atoms with Gasteiger partial charge in [-0.15, -0.1) is 0 Å². The van der Waals surface area contributed by atoms with Crippen LogP contribution in [0.3, 0.4) is 0 Å². The van der Waals surface area contributed by atoms with Crippen LogP contribution in [0.15, 0.2) is 60.8 Å². The van der Waals surface area contributed by atoms with Crippen molar-refractivity contribution in [3.8, 4) is 0 Å². The number of ether oxygens (including phenoxy) is 3. The molecule has 55 heavy (non-hydrogen) atoms. The van der Waals surface area contributed by atoms with Crippen LogP contribution in [0.2, 0.25) is 0 Å². The van der Waals surface area contributed by atoms with Crippen LogP contribution in [-0.2, 0) is 23.8 Å². The van der Waals surface area contributed by atoms with Crippen LogP contribution in [-0.4, -0.2) is 79.4 Å². The fourth-order valence-corrected chi connectivity index (χ4v) is 6.13. The third-order valence-electron chi connectivity index (χ3n) is 9.95. The van der Waals surface area contributed by atoms with Gasteiger partial charge in [0.25, 0.3) is 0 Å². The molecule has 1 saturated heterocycles. The van der Waals surface area contributed by atoms with E-state index in [1.807, 2.05) is 0 Å². The normalized spacial score (nSPS) is 14.6. The summed E-state index contributed by atoms with van der Waals surface area (Å²) in [6, 6.07) is 0.486. The van der Waals surface area contributed by atoms with Crippen LogP contribution >= 0.6 is 0 Å². The number of nitrogens with zero attached hydrogens (tertiary/aromatic N) is 2. The lowest BCUT2D eigenvalue weighted by atomic mass is 10.1. The minimum Gasteiger partial charge on any atom is -0.462 e. The van der Waals surface area contributed by atoms with Crippen LogP contribution in [0.5, 0.6) is 0 Å². The highest BCUT2D eigenvalue weighted by atomic mass is 16.6. The van der Waals surface area contributed by atoms with Crippen molar-refractivity contribution in [2.45, 2.75) is 187 Å². The third kappa shape index (κ3) is 28.9. The predicted molar refractivity (Wildman–Crippen MR) is 229 cm³/mol. The van der Waals surface area contributed by atoms with Gasteiger partial charge in [0.15, 0.2) is 6.10 Å². The van der Waals surface area contributed by atoms with Crippen molar-refractivity contribution in [1.82, 2.24) is 9.80 Å². The Bertz CT molecular complexity index is 1120. The number of hydrogen-bond donors (Lipinski definition) is 0. The van der Waals surface area contributed by atoms with Crippen LogP contribution in [0.25, 0.3) is 0 Å². The Hall–Kier alpha value is -3.13. The Balaban J connectivity index is 2.32. The number of allylic oxidation sites excluding steroid dienone is 10. The van der Waals surface area contributed by atoms with Crippen molar-refractivity contribution >= 4 is 18.0 Å².